The van der Waals surface area contributed by atoms with E-state index >= 15 is 0 Å². The van der Waals surface area contributed by atoms with Gasteiger partial charge in [0.15, 0.2) is 5.43 Å². The van der Waals surface area contributed by atoms with E-state index in [0.717, 1.165) is 43.6 Å². The number of benzene rings is 4. The molecule has 0 aliphatic carbocycles. The van der Waals surface area contributed by atoms with Crippen molar-refractivity contribution in [3.63, 3.8) is 0 Å². The van der Waals surface area contributed by atoms with Gasteiger partial charge >= 0.3 is 0 Å². The number of hydrogen-bond donors (Lipinski definition) is 1. The van der Waals surface area contributed by atoms with Gasteiger partial charge in [0.1, 0.15) is 0 Å². The second-order valence-electron chi connectivity index (χ2n) is 5.73. The Morgan fingerprint density at radius 1 is 0.783 bits per heavy atom. The molecule has 1 heterocycles. The Labute approximate surface area is 131 Å². The monoisotopic (exact) mass is 296 g/mol. The van der Waals surface area contributed by atoms with Crippen LogP contribution in [0.2, 0.25) is 0 Å². The number of nitrogens with one attached hydrogen (secondary N) is 1. The molecule has 108 valence electrons. The van der Waals surface area contributed by atoms with E-state index in [-0.39, 0.29) is 5.43 Å². The third-order valence-corrected chi connectivity index (χ3v) is 4.37. The minimum atomic E-state index is 0.0567. The molecule has 0 amide bonds. The van der Waals surface area contributed by atoms with Crippen LogP contribution < -0.4 is 5.43 Å². The first-order valence-corrected chi connectivity index (χ1v) is 7.54. The summed E-state index contributed by atoms with van der Waals surface area (Å²) in [7, 11) is 0. The van der Waals surface area contributed by atoms with E-state index in [2.05, 4.69) is 4.98 Å². The SMILES string of the molecule is O=c1cc2ccc3nc4ccccc4[nH]c3c2c2ccccc12. The van der Waals surface area contributed by atoms with Gasteiger partial charge in [0, 0.05) is 10.8 Å². The van der Waals surface area contributed by atoms with Gasteiger partial charge in [0.25, 0.3) is 0 Å². The van der Waals surface area contributed by atoms with Gasteiger partial charge in [-0.1, -0.05) is 42.5 Å². The fraction of sp³-hybridized carbons (Fsp3) is 0. The minimum Gasteiger partial charge on any atom is -0.351 e. The Bertz CT molecular complexity index is 1290. The van der Waals surface area contributed by atoms with Crippen molar-refractivity contribution in [2.45, 2.75) is 0 Å². The number of nitrogens with zero attached hydrogens (tertiary/aromatic N) is 1. The maximum atomic E-state index is 12.3. The van der Waals surface area contributed by atoms with Gasteiger partial charge in [-0.2, -0.15) is 0 Å². The number of aromatic nitrogens is 2. The largest absolute Gasteiger partial charge is 0.351 e. The van der Waals surface area contributed by atoms with Crippen molar-refractivity contribution in [1.29, 1.82) is 0 Å². The number of aromatic amines is 1. The molecule has 0 saturated heterocycles. The Hall–Kier alpha value is -3.20. The Morgan fingerprint density at radius 2 is 1.57 bits per heavy atom. The molecule has 5 rings (SSSR count). The first-order valence-electron chi connectivity index (χ1n) is 7.54. The van der Waals surface area contributed by atoms with Crippen LogP contribution in [0.4, 0.5) is 0 Å². The van der Waals surface area contributed by atoms with Gasteiger partial charge < -0.3 is 4.98 Å². The Morgan fingerprint density at radius 3 is 2.48 bits per heavy atom. The molecule has 0 bridgehead atoms. The summed E-state index contributed by atoms with van der Waals surface area (Å²) in [5.41, 5.74) is 3.85. The van der Waals surface area contributed by atoms with Gasteiger partial charge in [-0.3, -0.25) is 4.79 Å². The van der Waals surface area contributed by atoms with Crippen LogP contribution >= 0.6 is 0 Å². The summed E-state index contributed by atoms with van der Waals surface area (Å²) in [6, 6.07) is 21.4. The Kier molecular flexibility index (Phi) is 2.36. The molecule has 0 fully saturated rings. The summed E-state index contributed by atoms with van der Waals surface area (Å²) in [5.74, 6) is 0. The lowest BCUT2D eigenvalue weighted by molar-refractivity contribution is 1.41. The lowest BCUT2D eigenvalue weighted by atomic mass is 10.00. The normalized spacial score (nSPS) is 11.7. The topological polar surface area (TPSA) is 45.8 Å². The predicted molar refractivity (Wildman–Crippen MR) is 94.9 cm³/mol. The average Bonchev–Trinajstić information content (AvgIpc) is 2.60. The summed E-state index contributed by atoms with van der Waals surface area (Å²) in [6.45, 7) is 0. The molecule has 0 unspecified atom stereocenters. The third-order valence-electron chi connectivity index (χ3n) is 4.37. The smallest absolute Gasteiger partial charge is 0.187 e. The van der Waals surface area contributed by atoms with E-state index in [0.29, 0.717) is 0 Å². The average molecular weight is 296 g/mol. The van der Waals surface area contributed by atoms with E-state index in [1.807, 2.05) is 60.7 Å². The summed E-state index contributed by atoms with van der Waals surface area (Å²) in [5, 5.41) is 3.70. The minimum absolute atomic E-state index is 0.0567. The standard InChI is InChI=1S/C20H12N2O/c23-18-11-12-9-10-17-20(19(12)14-6-2-1-5-13(14)18)22-16-8-4-3-7-15(16)21-17/h1-11,22H. The van der Waals surface area contributed by atoms with Crippen LogP contribution in [-0.4, -0.2) is 9.97 Å². The molecule has 0 aliphatic heterocycles. The molecule has 4 aromatic carbocycles. The number of fused-ring (bicyclic) bond motifs is 6. The second-order valence-corrected chi connectivity index (χ2v) is 5.73. The van der Waals surface area contributed by atoms with Crippen molar-refractivity contribution < 1.29 is 0 Å². The van der Waals surface area contributed by atoms with Crippen LogP contribution in [0.1, 0.15) is 0 Å². The number of H-pyrrole nitrogens is 1. The zero-order chi connectivity index (χ0) is 15.4. The predicted octanol–water partition coefficient (Wildman–Crippen LogP) is 4.38. The summed E-state index contributed by atoms with van der Waals surface area (Å²) >= 11 is 0. The Balaban J connectivity index is 2.12. The number of rotatable bonds is 0. The molecule has 0 radical (unpaired) electrons. The molecule has 0 aliphatic rings. The summed E-state index contributed by atoms with van der Waals surface area (Å²) in [4.78, 5) is 20.6. The lowest BCUT2D eigenvalue weighted by Gasteiger charge is -2.08. The first-order chi connectivity index (χ1) is 11.3. The van der Waals surface area contributed by atoms with Crippen molar-refractivity contribution in [1.82, 2.24) is 9.97 Å². The maximum absolute atomic E-state index is 12.3. The molecule has 0 spiro atoms. The molecule has 0 saturated carbocycles. The van der Waals surface area contributed by atoms with Crippen molar-refractivity contribution in [3.8, 4) is 0 Å². The zero-order valence-corrected chi connectivity index (χ0v) is 12.2. The highest BCUT2D eigenvalue weighted by molar-refractivity contribution is 6.18. The lowest BCUT2D eigenvalue weighted by Crippen LogP contribution is -2.00. The molecule has 3 heteroatoms. The molecule has 3 nitrogen and oxygen atoms in total. The molecule has 5 aromatic rings. The highest BCUT2D eigenvalue weighted by Crippen LogP contribution is 2.29. The van der Waals surface area contributed by atoms with Crippen LogP contribution in [0.25, 0.3) is 43.6 Å². The van der Waals surface area contributed by atoms with Crippen LogP contribution in [0.15, 0.2) is 71.5 Å². The third kappa shape index (κ3) is 1.70. The van der Waals surface area contributed by atoms with Crippen molar-refractivity contribution in [2.75, 3.05) is 0 Å². The molecule has 0 atom stereocenters. The second kappa shape index (κ2) is 4.40. The maximum Gasteiger partial charge on any atom is 0.187 e. The van der Waals surface area contributed by atoms with E-state index in [1.54, 1.807) is 6.07 Å². The van der Waals surface area contributed by atoms with Gasteiger partial charge in [-0.15, -0.1) is 0 Å². The fourth-order valence-electron chi connectivity index (χ4n) is 3.31. The molecule has 23 heavy (non-hydrogen) atoms. The zero-order valence-electron chi connectivity index (χ0n) is 12.2. The van der Waals surface area contributed by atoms with E-state index in [4.69, 9.17) is 4.98 Å². The molecular weight excluding hydrogens is 284 g/mol. The molecule has 1 N–H and O–H groups in total. The van der Waals surface area contributed by atoms with E-state index in [9.17, 15) is 4.79 Å². The van der Waals surface area contributed by atoms with Crippen molar-refractivity contribution in [2.24, 2.45) is 0 Å². The van der Waals surface area contributed by atoms with Gasteiger partial charge in [0.2, 0.25) is 0 Å². The van der Waals surface area contributed by atoms with E-state index in [1.165, 1.54) is 0 Å². The summed E-state index contributed by atoms with van der Waals surface area (Å²) in [6.07, 6.45) is 0. The van der Waals surface area contributed by atoms with Gasteiger partial charge in [0.05, 0.1) is 22.1 Å². The van der Waals surface area contributed by atoms with Crippen LogP contribution in [0.5, 0.6) is 0 Å². The highest BCUT2D eigenvalue weighted by Gasteiger charge is 2.09. The summed E-state index contributed by atoms with van der Waals surface area (Å²) < 4.78 is 0. The molecule has 1 aromatic heterocycles. The van der Waals surface area contributed by atoms with Crippen molar-refractivity contribution in [3.05, 3.63) is 77.0 Å². The quantitative estimate of drug-likeness (QED) is 0.340. The van der Waals surface area contributed by atoms with Gasteiger partial charge in [-0.05, 0) is 35.0 Å². The molecular formula is C20H12N2O. The fourth-order valence-corrected chi connectivity index (χ4v) is 3.31. The van der Waals surface area contributed by atoms with E-state index < -0.39 is 0 Å². The highest BCUT2D eigenvalue weighted by atomic mass is 16.1. The van der Waals surface area contributed by atoms with Crippen LogP contribution in [-0.2, 0) is 0 Å². The van der Waals surface area contributed by atoms with Crippen LogP contribution in [0, 0.1) is 0 Å². The van der Waals surface area contributed by atoms with Crippen molar-refractivity contribution >= 4 is 43.6 Å². The van der Waals surface area contributed by atoms with Gasteiger partial charge in [-0.25, -0.2) is 4.98 Å². The van der Waals surface area contributed by atoms with Crippen LogP contribution in [0.3, 0.4) is 0 Å². The first kappa shape index (κ1) is 12.4. The number of hydrogen-bond acceptors (Lipinski definition) is 2. The number of para-hydroxylation sites is 2.